The summed E-state index contributed by atoms with van der Waals surface area (Å²) in [5.74, 6) is -0.694. The molecule has 2 rings (SSSR count). The zero-order valence-electron chi connectivity index (χ0n) is 9.11. The van der Waals surface area contributed by atoms with Crippen LogP contribution in [-0.2, 0) is 9.53 Å². The molecule has 0 bridgehead atoms. The molecule has 1 N–H and O–H groups in total. The molecule has 0 spiro atoms. The molecule has 0 unspecified atom stereocenters. The van der Waals surface area contributed by atoms with Gasteiger partial charge < -0.3 is 10.1 Å². The molecule has 1 aromatic rings. The van der Waals surface area contributed by atoms with E-state index in [1.807, 2.05) is 6.07 Å². The fraction of sp³-hybridized carbons (Fsp3) is 0.333. The standard InChI is InChI=1S/C12H12INO3/c13-9-3-1-2-8(6-9)12(16)17-7-11(15)14-10-4-5-10/h1-3,6,10H,4-5,7H2,(H,14,15). The van der Waals surface area contributed by atoms with Crippen molar-refractivity contribution in [1.82, 2.24) is 5.32 Å². The summed E-state index contributed by atoms with van der Waals surface area (Å²) >= 11 is 2.12. The molecular formula is C12H12INO3. The van der Waals surface area contributed by atoms with Crippen LogP contribution in [0.2, 0.25) is 0 Å². The normalized spacial score (nSPS) is 14.2. The number of hydrogen-bond acceptors (Lipinski definition) is 3. The zero-order valence-corrected chi connectivity index (χ0v) is 11.3. The third kappa shape index (κ3) is 3.99. The topological polar surface area (TPSA) is 55.4 Å². The van der Waals surface area contributed by atoms with Crippen molar-refractivity contribution in [1.29, 1.82) is 0 Å². The van der Waals surface area contributed by atoms with Crippen molar-refractivity contribution in [3.63, 3.8) is 0 Å². The second kappa shape index (κ2) is 5.48. The Kier molecular flexibility index (Phi) is 3.98. The Labute approximate surface area is 113 Å². The van der Waals surface area contributed by atoms with Crippen LogP contribution in [0.4, 0.5) is 0 Å². The molecule has 1 aliphatic rings. The fourth-order valence-electron chi connectivity index (χ4n) is 1.33. The van der Waals surface area contributed by atoms with E-state index < -0.39 is 5.97 Å². The van der Waals surface area contributed by atoms with Crippen LogP contribution in [0.3, 0.4) is 0 Å². The molecule has 1 fully saturated rings. The minimum atomic E-state index is -0.463. The van der Waals surface area contributed by atoms with Crippen LogP contribution in [0.1, 0.15) is 23.2 Å². The highest BCUT2D eigenvalue weighted by atomic mass is 127. The van der Waals surface area contributed by atoms with Gasteiger partial charge in [0.1, 0.15) is 0 Å². The lowest BCUT2D eigenvalue weighted by atomic mass is 10.2. The minimum Gasteiger partial charge on any atom is -0.452 e. The van der Waals surface area contributed by atoms with E-state index in [4.69, 9.17) is 4.74 Å². The van der Waals surface area contributed by atoms with Crippen LogP contribution < -0.4 is 5.32 Å². The summed E-state index contributed by atoms with van der Waals surface area (Å²) in [6.07, 6.45) is 2.05. The zero-order chi connectivity index (χ0) is 12.3. The monoisotopic (exact) mass is 345 g/mol. The van der Waals surface area contributed by atoms with Gasteiger partial charge in [-0.1, -0.05) is 6.07 Å². The lowest BCUT2D eigenvalue weighted by Gasteiger charge is -2.05. The Morgan fingerprint density at radius 2 is 2.18 bits per heavy atom. The number of rotatable bonds is 4. The van der Waals surface area contributed by atoms with E-state index in [9.17, 15) is 9.59 Å². The van der Waals surface area contributed by atoms with Crippen LogP contribution >= 0.6 is 22.6 Å². The molecule has 5 heteroatoms. The first kappa shape index (κ1) is 12.3. The molecule has 90 valence electrons. The average molecular weight is 345 g/mol. The lowest BCUT2D eigenvalue weighted by molar-refractivity contribution is -0.124. The number of amides is 1. The van der Waals surface area contributed by atoms with Gasteiger partial charge in [0.15, 0.2) is 6.61 Å². The molecule has 1 aromatic carbocycles. The number of carbonyl (C=O) groups is 2. The second-order valence-electron chi connectivity index (χ2n) is 3.93. The highest BCUT2D eigenvalue weighted by Gasteiger charge is 2.23. The van der Waals surface area contributed by atoms with Crippen LogP contribution in [0.25, 0.3) is 0 Å². The first-order valence-electron chi connectivity index (χ1n) is 5.37. The summed E-state index contributed by atoms with van der Waals surface area (Å²) in [5.41, 5.74) is 0.469. The van der Waals surface area contributed by atoms with E-state index in [1.54, 1.807) is 18.2 Å². The van der Waals surface area contributed by atoms with Gasteiger partial charge in [-0.3, -0.25) is 4.79 Å². The highest BCUT2D eigenvalue weighted by Crippen LogP contribution is 2.18. The molecular weight excluding hydrogens is 333 g/mol. The van der Waals surface area contributed by atoms with E-state index >= 15 is 0 Å². The Bertz CT molecular complexity index is 443. The van der Waals surface area contributed by atoms with Gasteiger partial charge in [-0.2, -0.15) is 0 Å². The van der Waals surface area contributed by atoms with E-state index in [-0.39, 0.29) is 12.5 Å². The number of ether oxygens (including phenoxy) is 1. The van der Waals surface area contributed by atoms with E-state index in [0.717, 1.165) is 16.4 Å². The minimum absolute atomic E-state index is 0.208. The highest BCUT2D eigenvalue weighted by molar-refractivity contribution is 14.1. The maximum Gasteiger partial charge on any atom is 0.338 e. The summed E-state index contributed by atoms with van der Waals surface area (Å²) in [6, 6.07) is 7.35. The summed E-state index contributed by atoms with van der Waals surface area (Å²) in [6.45, 7) is -0.208. The Morgan fingerprint density at radius 1 is 1.41 bits per heavy atom. The van der Waals surface area contributed by atoms with Crippen molar-refractivity contribution in [2.75, 3.05) is 6.61 Å². The number of carbonyl (C=O) groups excluding carboxylic acids is 2. The Morgan fingerprint density at radius 3 is 2.82 bits per heavy atom. The molecule has 0 radical (unpaired) electrons. The molecule has 4 nitrogen and oxygen atoms in total. The molecule has 1 aliphatic carbocycles. The van der Waals surface area contributed by atoms with Gasteiger partial charge in [0.2, 0.25) is 0 Å². The van der Waals surface area contributed by atoms with Crippen molar-refractivity contribution in [2.24, 2.45) is 0 Å². The summed E-state index contributed by atoms with van der Waals surface area (Å²) in [5, 5.41) is 2.75. The van der Waals surface area contributed by atoms with Crippen LogP contribution in [0.5, 0.6) is 0 Å². The van der Waals surface area contributed by atoms with Gasteiger partial charge >= 0.3 is 5.97 Å². The van der Waals surface area contributed by atoms with Crippen LogP contribution in [0.15, 0.2) is 24.3 Å². The van der Waals surface area contributed by atoms with E-state index in [1.165, 1.54) is 0 Å². The SMILES string of the molecule is O=C(COC(=O)c1cccc(I)c1)NC1CC1. The largest absolute Gasteiger partial charge is 0.452 e. The smallest absolute Gasteiger partial charge is 0.338 e. The van der Waals surface area contributed by atoms with Gasteiger partial charge in [-0.15, -0.1) is 0 Å². The molecule has 0 heterocycles. The van der Waals surface area contributed by atoms with Crippen LogP contribution in [-0.4, -0.2) is 24.5 Å². The maximum atomic E-state index is 11.6. The van der Waals surface area contributed by atoms with Crippen molar-refractivity contribution in [3.05, 3.63) is 33.4 Å². The third-order valence-corrected chi connectivity index (χ3v) is 3.01. The fourth-order valence-corrected chi connectivity index (χ4v) is 1.87. The number of halogens is 1. The lowest BCUT2D eigenvalue weighted by Crippen LogP contribution is -2.30. The number of nitrogens with one attached hydrogen (secondary N) is 1. The van der Waals surface area contributed by atoms with Crippen molar-refractivity contribution < 1.29 is 14.3 Å². The molecule has 0 aromatic heterocycles. The summed E-state index contributed by atoms with van der Waals surface area (Å²) in [4.78, 5) is 22.9. The number of benzene rings is 1. The first-order valence-corrected chi connectivity index (χ1v) is 6.45. The number of hydrogen-bond donors (Lipinski definition) is 1. The third-order valence-electron chi connectivity index (χ3n) is 2.34. The number of esters is 1. The quantitative estimate of drug-likeness (QED) is 0.668. The van der Waals surface area contributed by atoms with Crippen LogP contribution in [0, 0.1) is 3.57 Å². The molecule has 17 heavy (non-hydrogen) atoms. The van der Waals surface area contributed by atoms with E-state index in [0.29, 0.717) is 11.6 Å². The molecule has 1 amide bonds. The molecule has 0 aliphatic heterocycles. The molecule has 1 saturated carbocycles. The van der Waals surface area contributed by atoms with Gasteiger partial charge in [0.25, 0.3) is 5.91 Å². The van der Waals surface area contributed by atoms with Gasteiger partial charge in [0.05, 0.1) is 5.56 Å². The molecule has 0 atom stereocenters. The van der Waals surface area contributed by atoms with Gasteiger partial charge in [-0.05, 0) is 53.6 Å². The van der Waals surface area contributed by atoms with Gasteiger partial charge in [0, 0.05) is 9.61 Å². The predicted molar refractivity (Wildman–Crippen MR) is 70.6 cm³/mol. The van der Waals surface area contributed by atoms with Crippen molar-refractivity contribution >= 4 is 34.5 Å². The second-order valence-corrected chi connectivity index (χ2v) is 5.17. The van der Waals surface area contributed by atoms with Crippen molar-refractivity contribution in [3.8, 4) is 0 Å². The first-order chi connectivity index (χ1) is 8.15. The summed E-state index contributed by atoms with van der Waals surface area (Å²) in [7, 11) is 0. The molecule has 0 saturated heterocycles. The van der Waals surface area contributed by atoms with Gasteiger partial charge in [-0.25, -0.2) is 4.79 Å². The van der Waals surface area contributed by atoms with E-state index in [2.05, 4.69) is 27.9 Å². The Balaban J connectivity index is 1.82. The summed E-state index contributed by atoms with van der Waals surface area (Å²) < 4.78 is 5.88. The average Bonchev–Trinajstić information content (AvgIpc) is 3.10. The van der Waals surface area contributed by atoms with Crippen molar-refractivity contribution in [2.45, 2.75) is 18.9 Å². The maximum absolute atomic E-state index is 11.6. The Hall–Kier alpha value is -1.11. The predicted octanol–water partition coefficient (Wildman–Crippen LogP) is 1.73.